The maximum absolute atomic E-state index is 12.8. The predicted octanol–water partition coefficient (Wildman–Crippen LogP) is 3.03. The third kappa shape index (κ3) is 3.79. The Labute approximate surface area is 147 Å². The molecule has 0 spiro atoms. The van der Waals surface area contributed by atoms with Crippen LogP contribution in [-0.2, 0) is 13.1 Å². The lowest BCUT2D eigenvalue weighted by Gasteiger charge is -2.13. The van der Waals surface area contributed by atoms with Crippen molar-refractivity contribution in [2.45, 2.75) is 33.9 Å². The Balaban J connectivity index is 2.04. The van der Waals surface area contributed by atoms with E-state index in [2.05, 4.69) is 6.07 Å². The van der Waals surface area contributed by atoms with Crippen LogP contribution in [0.5, 0.6) is 0 Å². The van der Waals surface area contributed by atoms with E-state index < -0.39 is 0 Å². The summed E-state index contributed by atoms with van der Waals surface area (Å²) in [4.78, 5) is 25.4. The Morgan fingerprint density at radius 2 is 1.44 bits per heavy atom. The molecule has 0 radical (unpaired) electrons. The van der Waals surface area contributed by atoms with Crippen LogP contribution in [0.3, 0.4) is 0 Å². The number of aromatic nitrogens is 2. The highest BCUT2D eigenvalue weighted by Crippen LogP contribution is 2.09. The first-order valence-corrected chi connectivity index (χ1v) is 8.36. The highest BCUT2D eigenvalue weighted by molar-refractivity contribution is 5.29. The fourth-order valence-corrected chi connectivity index (χ4v) is 3.17. The molecule has 0 amide bonds. The molecule has 1 aromatic heterocycles. The highest BCUT2D eigenvalue weighted by Gasteiger charge is 2.10. The number of nitrogens with zero attached hydrogens (tertiary/aromatic N) is 2. The van der Waals surface area contributed by atoms with Gasteiger partial charge in [-0.05, 0) is 31.9 Å². The third-order valence-corrected chi connectivity index (χ3v) is 4.23. The van der Waals surface area contributed by atoms with Gasteiger partial charge in [-0.2, -0.15) is 0 Å². The van der Waals surface area contributed by atoms with Gasteiger partial charge < -0.3 is 0 Å². The Morgan fingerprint density at radius 3 is 2.08 bits per heavy atom. The minimum Gasteiger partial charge on any atom is -0.296 e. The van der Waals surface area contributed by atoms with Crippen LogP contribution in [0.25, 0.3) is 0 Å². The minimum absolute atomic E-state index is 0.228. The smallest absolute Gasteiger partial charge is 0.296 e. The zero-order valence-corrected chi connectivity index (χ0v) is 14.8. The van der Waals surface area contributed by atoms with Crippen molar-refractivity contribution in [2.24, 2.45) is 0 Å². The summed E-state index contributed by atoms with van der Waals surface area (Å²) in [7, 11) is 0. The molecule has 25 heavy (non-hydrogen) atoms. The molecule has 0 aliphatic heterocycles. The standard InChI is InChI=1S/C21H22N2O2/c1-15-9-16(2)11-19(10-15)14-23-20(24)17(3)12-22(21(23)25)13-18-7-5-4-6-8-18/h4-12H,13-14H2,1-3H3. The van der Waals surface area contributed by atoms with Crippen molar-refractivity contribution in [3.63, 3.8) is 0 Å². The third-order valence-electron chi connectivity index (χ3n) is 4.23. The normalized spacial score (nSPS) is 10.8. The number of hydrogen-bond acceptors (Lipinski definition) is 2. The zero-order chi connectivity index (χ0) is 18.0. The maximum Gasteiger partial charge on any atom is 0.331 e. The first kappa shape index (κ1) is 17.0. The first-order valence-electron chi connectivity index (χ1n) is 8.36. The van der Waals surface area contributed by atoms with Gasteiger partial charge in [0.2, 0.25) is 0 Å². The molecule has 0 aliphatic rings. The summed E-state index contributed by atoms with van der Waals surface area (Å²) in [5.74, 6) is 0. The van der Waals surface area contributed by atoms with Gasteiger partial charge in [-0.3, -0.25) is 13.9 Å². The Hall–Kier alpha value is -2.88. The molecule has 0 aliphatic carbocycles. The van der Waals surface area contributed by atoms with Gasteiger partial charge in [-0.15, -0.1) is 0 Å². The molecule has 4 heteroatoms. The second kappa shape index (κ2) is 6.93. The van der Waals surface area contributed by atoms with E-state index >= 15 is 0 Å². The van der Waals surface area contributed by atoms with Crippen LogP contribution in [-0.4, -0.2) is 9.13 Å². The van der Waals surface area contributed by atoms with Crippen molar-refractivity contribution < 1.29 is 0 Å². The number of rotatable bonds is 4. The molecule has 0 atom stereocenters. The predicted molar refractivity (Wildman–Crippen MR) is 100 cm³/mol. The average Bonchev–Trinajstić information content (AvgIpc) is 2.56. The Kier molecular flexibility index (Phi) is 4.70. The van der Waals surface area contributed by atoms with Gasteiger partial charge in [-0.1, -0.05) is 59.7 Å². The van der Waals surface area contributed by atoms with Gasteiger partial charge in [0.15, 0.2) is 0 Å². The van der Waals surface area contributed by atoms with Crippen LogP contribution >= 0.6 is 0 Å². The molecule has 2 aromatic carbocycles. The fraction of sp³-hybridized carbons (Fsp3) is 0.238. The average molecular weight is 334 g/mol. The van der Waals surface area contributed by atoms with Crippen LogP contribution in [0.2, 0.25) is 0 Å². The molecule has 3 rings (SSSR count). The summed E-state index contributed by atoms with van der Waals surface area (Å²) < 4.78 is 2.93. The van der Waals surface area contributed by atoms with Crippen molar-refractivity contribution >= 4 is 0 Å². The minimum atomic E-state index is -0.279. The SMILES string of the molecule is Cc1cc(C)cc(Cn2c(=O)c(C)cn(Cc3ccccc3)c2=O)c1. The lowest BCUT2D eigenvalue weighted by molar-refractivity contribution is 0.605. The quantitative estimate of drug-likeness (QED) is 0.736. The van der Waals surface area contributed by atoms with E-state index in [0.717, 1.165) is 22.3 Å². The largest absolute Gasteiger partial charge is 0.331 e. The first-order chi connectivity index (χ1) is 11.9. The fourth-order valence-electron chi connectivity index (χ4n) is 3.17. The second-order valence-corrected chi connectivity index (χ2v) is 6.60. The second-order valence-electron chi connectivity index (χ2n) is 6.60. The molecule has 0 fully saturated rings. The Morgan fingerprint density at radius 1 is 0.800 bits per heavy atom. The van der Waals surface area contributed by atoms with Crippen LogP contribution in [0.1, 0.15) is 27.8 Å². The van der Waals surface area contributed by atoms with E-state index in [9.17, 15) is 9.59 Å². The lowest BCUT2D eigenvalue weighted by Crippen LogP contribution is -2.41. The van der Waals surface area contributed by atoms with Gasteiger partial charge in [0.1, 0.15) is 0 Å². The molecule has 1 heterocycles. The molecule has 3 aromatic rings. The topological polar surface area (TPSA) is 44.0 Å². The summed E-state index contributed by atoms with van der Waals surface area (Å²) in [6, 6.07) is 15.9. The van der Waals surface area contributed by atoms with Crippen molar-refractivity contribution in [1.29, 1.82) is 0 Å². The highest BCUT2D eigenvalue weighted by atomic mass is 16.2. The summed E-state index contributed by atoms with van der Waals surface area (Å²) >= 11 is 0. The molecule has 0 saturated heterocycles. The van der Waals surface area contributed by atoms with E-state index in [4.69, 9.17) is 0 Å². The lowest BCUT2D eigenvalue weighted by atomic mass is 10.1. The van der Waals surface area contributed by atoms with Crippen LogP contribution in [0.15, 0.2) is 64.3 Å². The summed E-state index contributed by atoms with van der Waals surface area (Å²) in [6.07, 6.45) is 1.65. The molecule has 0 bridgehead atoms. The monoisotopic (exact) mass is 334 g/mol. The summed E-state index contributed by atoms with van der Waals surface area (Å²) in [5.41, 5.74) is 4.31. The number of hydrogen-bond donors (Lipinski definition) is 0. The van der Waals surface area contributed by atoms with Gasteiger partial charge in [0, 0.05) is 11.8 Å². The molecule has 0 saturated carbocycles. The maximum atomic E-state index is 12.8. The molecule has 4 nitrogen and oxygen atoms in total. The number of aryl methyl sites for hydroxylation is 3. The van der Waals surface area contributed by atoms with Gasteiger partial charge >= 0.3 is 5.69 Å². The van der Waals surface area contributed by atoms with Crippen molar-refractivity contribution in [1.82, 2.24) is 9.13 Å². The summed E-state index contributed by atoms with van der Waals surface area (Å²) in [6.45, 7) is 6.53. The van der Waals surface area contributed by atoms with E-state index in [-0.39, 0.29) is 17.8 Å². The Bertz CT molecular complexity index is 994. The van der Waals surface area contributed by atoms with E-state index in [1.165, 1.54) is 4.57 Å². The van der Waals surface area contributed by atoms with Crippen LogP contribution in [0, 0.1) is 20.8 Å². The van der Waals surface area contributed by atoms with E-state index in [1.807, 2.05) is 56.3 Å². The van der Waals surface area contributed by atoms with Crippen LogP contribution in [0.4, 0.5) is 0 Å². The van der Waals surface area contributed by atoms with Crippen molar-refractivity contribution in [2.75, 3.05) is 0 Å². The summed E-state index contributed by atoms with van der Waals surface area (Å²) in [5, 5.41) is 0. The molecular formula is C21H22N2O2. The molecule has 0 N–H and O–H groups in total. The van der Waals surface area contributed by atoms with Gasteiger partial charge in [0.25, 0.3) is 5.56 Å². The van der Waals surface area contributed by atoms with Crippen LogP contribution < -0.4 is 11.2 Å². The van der Waals surface area contributed by atoms with Crippen molar-refractivity contribution in [3.8, 4) is 0 Å². The van der Waals surface area contributed by atoms with Gasteiger partial charge in [0.05, 0.1) is 13.1 Å². The van der Waals surface area contributed by atoms with E-state index in [0.29, 0.717) is 12.1 Å². The molecule has 128 valence electrons. The molecular weight excluding hydrogens is 312 g/mol. The zero-order valence-electron chi connectivity index (χ0n) is 14.8. The number of benzene rings is 2. The van der Waals surface area contributed by atoms with Crippen molar-refractivity contribution in [3.05, 3.63) is 103 Å². The molecule has 0 unspecified atom stereocenters. The van der Waals surface area contributed by atoms with Gasteiger partial charge in [-0.25, -0.2) is 4.79 Å². The van der Waals surface area contributed by atoms with E-state index in [1.54, 1.807) is 17.7 Å².